The minimum absolute atomic E-state index is 0.0999. The molecule has 0 aromatic heterocycles. The van der Waals surface area contributed by atoms with Gasteiger partial charge < -0.3 is 10.1 Å². The molecule has 1 saturated heterocycles. The fourth-order valence-electron chi connectivity index (χ4n) is 2.12. The van der Waals surface area contributed by atoms with E-state index in [1.807, 2.05) is 0 Å². The van der Waals surface area contributed by atoms with Gasteiger partial charge in [0, 0.05) is 12.0 Å². The van der Waals surface area contributed by atoms with Gasteiger partial charge in [-0.3, -0.25) is 9.59 Å². The molecule has 112 valence electrons. The van der Waals surface area contributed by atoms with Gasteiger partial charge in [-0.15, -0.1) is 0 Å². The molecule has 6 heteroatoms. The largest absolute Gasteiger partial charge is 0.391 e. The van der Waals surface area contributed by atoms with Crippen LogP contribution in [0.4, 0.5) is 0 Å². The van der Waals surface area contributed by atoms with Crippen LogP contribution in [0.2, 0.25) is 0 Å². The van der Waals surface area contributed by atoms with Crippen LogP contribution in [0.25, 0.3) is 0 Å². The molecule has 0 amide bonds. The Hall–Kier alpha value is -1.66. The van der Waals surface area contributed by atoms with Gasteiger partial charge in [0.25, 0.3) is 0 Å². The second-order valence-electron chi connectivity index (χ2n) is 4.90. The molecule has 0 spiro atoms. The molecule has 1 aromatic carbocycles. The fraction of sp³-hybridized carbons (Fsp3) is 0.400. The summed E-state index contributed by atoms with van der Waals surface area (Å²) in [5.74, 6) is -1.58. The van der Waals surface area contributed by atoms with Crippen molar-refractivity contribution in [2.24, 2.45) is 0 Å². The minimum Gasteiger partial charge on any atom is -0.391 e. The SMILES string of the molecule is O=C(CC(S)C(=O)OC(=O)[C@@H]1CCCN1)c1ccccc1. The molecule has 1 N–H and O–H groups in total. The first kappa shape index (κ1) is 15.7. The van der Waals surface area contributed by atoms with Crippen LogP contribution in [0.1, 0.15) is 29.6 Å². The number of hydrogen-bond acceptors (Lipinski definition) is 6. The van der Waals surface area contributed by atoms with Crippen LogP contribution < -0.4 is 5.32 Å². The highest BCUT2D eigenvalue weighted by Gasteiger charge is 2.28. The molecule has 2 atom stereocenters. The Morgan fingerprint density at radius 3 is 2.62 bits per heavy atom. The van der Waals surface area contributed by atoms with Crippen molar-refractivity contribution in [3.8, 4) is 0 Å². The number of hydrogen-bond donors (Lipinski definition) is 2. The molecule has 21 heavy (non-hydrogen) atoms. The standard InChI is InChI=1S/C15H17NO4S/c17-12(10-5-2-1-3-6-10)9-13(21)15(19)20-14(18)11-7-4-8-16-11/h1-3,5-6,11,13,16,21H,4,7-9H2/t11-,13?/m0/s1. The summed E-state index contributed by atoms with van der Waals surface area (Å²) in [6.07, 6.45) is 1.44. The molecule has 0 radical (unpaired) electrons. The van der Waals surface area contributed by atoms with Crippen LogP contribution in [-0.2, 0) is 14.3 Å². The zero-order valence-electron chi connectivity index (χ0n) is 11.5. The number of benzene rings is 1. The average Bonchev–Trinajstić information content (AvgIpc) is 3.02. The molecule has 1 fully saturated rings. The number of carbonyl (C=O) groups excluding carboxylic acids is 3. The summed E-state index contributed by atoms with van der Waals surface area (Å²) in [6.45, 7) is 0.741. The minimum atomic E-state index is -0.942. The third-order valence-electron chi connectivity index (χ3n) is 3.29. The number of esters is 2. The maximum Gasteiger partial charge on any atom is 0.330 e. The summed E-state index contributed by atoms with van der Waals surface area (Å²) >= 11 is 4.06. The molecule has 1 heterocycles. The summed E-state index contributed by atoms with van der Waals surface area (Å²) in [6, 6.07) is 8.20. The fourth-order valence-corrected chi connectivity index (χ4v) is 2.34. The van der Waals surface area contributed by atoms with Gasteiger partial charge in [-0.05, 0) is 19.4 Å². The zero-order chi connectivity index (χ0) is 15.2. The van der Waals surface area contributed by atoms with E-state index in [4.69, 9.17) is 4.74 Å². The molecule has 5 nitrogen and oxygen atoms in total. The Morgan fingerprint density at radius 1 is 1.29 bits per heavy atom. The third kappa shape index (κ3) is 4.41. The first-order chi connectivity index (χ1) is 10.1. The Morgan fingerprint density at radius 2 is 2.00 bits per heavy atom. The van der Waals surface area contributed by atoms with E-state index in [1.54, 1.807) is 30.3 Å². The van der Waals surface area contributed by atoms with Gasteiger partial charge in [-0.1, -0.05) is 30.3 Å². The van der Waals surface area contributed by atoms with E-state index in [-0.39, 0.29) is 12.2 Å². The second kappa shape index (κ2) is 7.38. The smallest absolute Gasteiger partial charge is 0.330 e. The number of Topliss-reactive ketones (excluding diaryl/α,β-unsaturated/α-hetero) is 1. The van der Waals surface area contributed by atoms with E-state index >= 15 is 0 Å². The maximum absolute atomic E-state index is 11.9. The van der Waals surface area contributed by atoms with Gasteiger partial charge in [0.1, 0.15) is 11.3 Å². The van der Waals surface area contributed by atoms with E-state index in [0.29, 0.717) is 12.0 Å². The Bertz CT molecular complexity index is 526. The normalized spacial score (nSPS) is 19.0. The van der Waals surface area contributed by atoms with Crippen LogP contribution in [0.5, 0.6) is 0 Å². The van der Waals surface area contributed by atoms with Crippen molar-refractivity contribution in [1.82, 2.24) is 5.32 Å². The monoisotopic (exact) mass is 307 g/mol. The summed E-state index contributed by atoms with van der Waals surface area (Å²) in [4.78, 5) is 35.4. The lowest BCUT2D eigenvalue weighted by Crippen LogP contribution is -2.36. The molecule has 1 aromatic rings. The molecular formula is C15H17NO4S. The van der Waals surface area contributed by atoms with Gasteiger partial charge in [0.05, 0.1) is 0 Å². The van der Waals surface area contributed by atoms with E-state index in [2.05, 4.69) is 17.9 Å². The van der Waals surface area contributed by atoms with Crippen molar-refractivity contribution >= 4 is 30.4 Å². The Labute approximate surface area is 128 Å². The van der Waals surface area contributed by atoms with E-state index in [9.17, 15) is 14.4 Å². The average molecular weight is 307 g/mol. The lowest BCUT2D eigenvalue weighted by atomic mass is 10.1. The number of thiol groups is 1. The highest BCUT2D eigenvalue weighted by molar-refractivity contribution is 7.81. The van der Waals surface area contributed by atoms with Crippen LogP contribution in [-0.4, -0.2) is 35.6 Å². The van der Waals surface area contributed by atoms with Crippen molar-refractivity contribution in [3.05, 3.63) is 35.9 Å². The first-order valence-electron chi connectivity index (χ1n) is 6.83. The molecule has 0 aliphatic carbocycles. The van der Waals surface area contributed by atoms with Gasteiger partial charge >= 0.3 is 11.9 Å². The topological polar surface area (TPSA) is 72.5 Å². The molecular weight excluding hydrogens is 290 g/mol. The van der Waals surface area contributed by atoms with E-state index < -0.39 is 23.2 Å². The molecule has 0 saturated carbocycles. The summed E-state index contributed by atoms with van der Waals surface area (Å²) in [7, 11) is 0. The van der Waals surface area contributed by atoms with Crippen molar-refractivity contribution in [2.75, 3.05) is 6.54 Å². The highest BCUT2D eigenvalue weighted by Crippen LogP contribution is 2.13. The first-order valence-corrected chi connectivity index (χ1v) is 7.35. The maximum atomic E-state index is 11.9. The number of rotatable bonds is 5. The van der Waals surface area contributed by atoms with Gasteiger partial charge in [-0.2, -0.15) is 12.6 Å². The number of ketones is 1. The lowest BCUT2D eigenvalue weighted by molar-refractivity contribution is -0.160. The molecule has 0 bridgehead atoms. The van der Waals surface area contributed by atoms with Gasteiger partial charge in [0.2, 0.25) is 0 Å². The lowest BCUT2D eigenvalue weighted by Gasteiger charge is -2.12. The van der Waals surface area contributed by atoms with Crippen molar-refractivity contribution < 1.29 is 19.1 Å². The van der Waals surface area contributed by atoms with E-state index in [1.165, 1.54) is 0 Å². The van der Waals surface area contributed by atoms with Crippen molar-refractivity contribution in [1.29, 1.82) is 0 Å². The number of carbonyl (C=O) groups is 3. The summed E-state index contributed by atoms with van der Waals surface area (Å²) in [5.41, 5.74) is 0.508. The quantitative estimate of drug-likeness (QED) is 0.372. The van der Waals surface area contributed by atoms with E-state index in [0.717, 1.165) is 13.0 Å². The predicted octanol–water partition coefficient (Wildman–Crippen LogP) is 1.38. The van der Waals surface area contributed by atoms with Crippen LogP contribution in [0.15, 0.2) is 30.3 Å². The second-order valence-corrected chi connectivity index (χ2v) is 5.52. The molecule has 1 unspecified atom stereocenters. The van der Waals surface area contributed by atoms with Crippen LogP contribution in [0.3, 0.4) is 0 Å². The number of ether oxygens (including phenoxy) is 1. The zero-order valence-corrected chi connectivity index (χ0v) is 12.3. The van der Waals surface area contributed by atoms with Crippen LogP contribution in [0, 0.1) is 0 Å². The highest BCUT2D eigenvalue weighted by atomic mass is 32.1. The predicted molar refractivity (Wildman–Crippen MR) is 80.3 cm³/mol. The van der Waals surface area contributed by atoms with Crippen LogP contribution >= 0.6 is 12.6 Å². The number of nitrogens with one attached hydrogen (secondary N) is 1. The molecule has 1 aliphatic heterocycles. The van der Waals surface area contributed by atoms with Gasteiger partial charge in [0.15, 0.2) is 5.78 Å². The third-order valence-corrected chi connectivity index (χ3v) is 3.69. The van der Waals surface area contributed by atoms with Crippen molar-refractivity contribution in [3.63, 3.8) is 0 Å². The Kier molecular flexibility index (Phi) is 5.52. The summed E-state index contributed by atoms with van der Waals surface area (Å²) in [5, 5.41) is 2.01. The Balaban J connectivity index is 1.84. The molecule has 1 aliphatic rings. The van der Waals surface area contributed by atoms with Crippen molar-refractivity contribution in [2.45, 2.75) is 30.6 Å². The summed E-state index contributed by atoms with van der Waals surface area (Å²) < 4.78 is 4.76. The van der Waals surface area contributed by atoms with Gasteiger partial charge in [-0.25, -0.2) is 4.79 Å². The molecule has 2 rings (SSSR count).